The highest BCUT2D eigenvalue weighted by atomic mass is 32.2. The maximum Gasteiger partial charge on any atom is 0.326 e. The van der Waals surface area contributed by atoms with Crippen LogP contribution in [0.4, 0.5) is 0 Å². The summed E-state index contributed by atoms with van der Waals surface area (Å²) in [6, 6.07) is 5.07. The van der Waals surface area contributed by atoms with Gasteiger partial charge in [-0.2, -0.15) is 11.8 Å². The topological polar surface area (TPSA) is 449 Å². The molecule has 1 saturated heterocycles. The van der Waals surface area contributed by atoms with Gasteiger partial charge >= 0.3 is 11.9 Å². The van der Waals surface area contributed by atoms with Gasteiger partial charge in [-0.05, 0) is 78.6 Å². The Hall–Kier alpha value is -8.34. The molecule has 80 heavy (non-hydrogen) atoms. The van der Waals surface area contributed by atoms with Crippen LogP contribution in [0, 0.1) is 0 Å². The molecule has 17 N–H and O–H groups in total. The summed E-state index contributed by atoms with van der Waals surface area (Å²) in [4.78, 5) is 148. The third-order valence-electron chi connectivity index (χ3n) is 12.7. The molecule has 0 unspecified atom stereocenters. The SMILES string of the molecule is CSCC[C@H](NC(=O)[C@H](CCC(N)=O)NC(=O)[C@@H](N)CO)C(=O)N1CCC[C@H]1C(=O)N[C@@H](CO)C(=O)N[C@@H](Cc1ccc(O)cc1)C(=O)N[C@@H](Cc1ccccc1)C(=O)N[C@@H](CC(=O)O)C(=O)N[C@@H](Cc1ccc(O)cc1)C(=O)O. The van der Waals surface area contributed by atoms with Gasteiger partial charge < -0.3 is 84.2 Å². The number of carboxylic acid groups (broad SMARTS) is 2. The Morgan fingerprint density at radius 3 is 1.54 bits per heavy atom. The first-order valence-corrected chi connectivity index (χ1v) is 26.6. The number of nitrogens with zero attached hydrogens (tertiary/aromatic N) is 1. The second-order valence-electron chi connectivity index (χ2n) is 18.7. The number of rotatable bonds is 32. The van der Waals surface area contributed by atoms with Crippen molar-refractivity contribution in [2.24, 2.45) is 11.5 Å². The number of carbonyl (C=O) groups is 11. The minimum absolute atomic E-state index is 0.0178. The van der Waals surface area contributed by atoms with Crippen LogP contribution in [0.15, 0.2) is 78.9 Å². The van der Waals surface area contributed by atoms with Crippen LogP contribution < -0.4 is 48.7 Å². The van der Waals surface area contributed by atoms with E-state index in [9.17, 15) is 83.4 Å². The first-order chi connectivity index (χ1) is 38.0. The quantitative estimate of drug-likeness (QED) is 0.0287. The number of phenolic OH excluding ortho intramolecular Hbond substituents is 2. The molecule has 0 bridgehead atoms. The second-order valence-corrected chi connectivity index (χ2v) is 19.7. The maximum absolute atomic E-state index is 14.5. The lowest BCUT2D eigenvalue weighted by Crippen LogP contribution is -2.61. The average molecular weight is 1140 g/mol. The predicted octanol–water partition coefficient (Wildman–Crippen LogP) is -3.60. The highest BCUT2D eigenvalue weighted by molar-refractivity contribution is 7.98. The number of aliphatic hydroxyl groups is 2. The Balaban J connectivity index is 1.57. The smallest absolute Gasteiger partial charge is 0.326 e. The fourth-order valence-corrected chi connectivity index (χ4v) is 8.80. The minimum Gasteiger partial charge on any atom is -0.508 e. The van der Waals surface area contributed by atoms with Crippen molar-refractivity contribution in [3.63, 3.8) is 0 Å². The number of hydrogen-bond acceptors (Lipinski definition) is 17. The Kier molecular flexibility index (Phi) is 25.6. The van der Waals surface area contributed by atoms with Crippen LogP contribution >= 0.6 is 11.8 Å². The van der Waals surface area contributed by atoms with Crippen LogP contribution in [0.5, 0.6) is 11.5 Å². The number of nitrogens with one attached hydrogen (secondary N) is 7. The molecule has 27 nitrogen and oxygen atoms in total. The number of primary amides is 1. The summed E-state index contributed by atoms with van der Waals surface area (Å²) in [5.41, 5.74) is 12.1. The number of carbonyl (C=O) groups excluding carboxylic acids is 9. The summed E-state index contributed by atoms with van der Waals surface area (Å²) in [7, 11) is 0. The van der Waals surface area contributed by atoms with Crippen LogP contribution in [0.3, 0.4) is 0 Å². The van der Waals surface area contributed by atoms with E-state index < -0.39 is 139 Å². The van der Waals surface area contributed by atoms with Crippen molar-refractivity contribution < 1.29 is 83.4 Å². The molecular formula is C52H68N10O17S. The summed E-state index contributed by atoms with van der Waals surface area (Å²) >= 11 is 1.33. The molecule has 0 saturated carbocycles. The van der Waals surface area contributed by atoms with E-state index in [-0.39, 0.29) is 69.4 Å². The van der Waals surface area contributed by atoms with Crippen molar-refractivity contribution in [3.05, 3.63) is 95.6 Å². The molecule has 1 heterocycles. The summed E-state index contributed by atoms with van der Waals surface area (Å²) in [5.74, 6) is -11.7. The second kappa shape index (κ2) is 31.9. The molecule has 0 spiro atoms. The standard InChI is InChI=1S/C52H68N10O17S/c1-80-21-19-35(56-45(71)34(17-18-42(54)67)55-44(70)33(53)26-63)51(77)62-20-5-8-41(62)50(76)61-40(27-64)49(75)58-37(23-29-9-13-31(65)14-10-29)46(72)57-36(22-28-6-3-2-4-7-28)47(73)59-38(25-43(68)69)48(74)60-39(52(78)79)24-30-11-15-32(66)16-12-30/h2-4,6-7,9-16,33-41,63-66H,5,8,17-27,53H2,1H3,(H2,54,67)(H,55,70)(H,56,71)(H,57,72)(H,58,75)(H,59,73)(H,60,74)(H,61,76)(H,68,69)(H,78,79)/t33-,34-,35-,36-,37-,38-,39-,40-,41-/m0/s1. The summed E-state index contributed by atoms with van der Waals surface area (Å²) < 4.78 is 0. The van der Waals surface area contributed by atoms with Crippen molar-refractivity contribution in [1.82, 2.24) is 42.1 Å². The molecule has 0 aliphatic carbocycles. The van der Waals surface area contributed by atoms with Gasteiger partial charge in [-0.3, -0.25) is 47.9 Å². The van der Waals surface area contributed by atoms with Crippen molar-refractivity contribution in [3.8, 4) is 11.5 Å². The predicted molar refractivity (Wildman–Crippen MR) is 285 cm³/mol. The zero-order valence-electron chi connectivity index (χ0n) is 43.6. The van der Waals surface area contributed by atoms with E-state index in [0.29, 0.717) is 22.4 Å². The number of carboxylic acids is 2. The zero-order chi connectivity index (χ0) is 59.1. The van der Waals surface area contributed by atoms with Crippen LogP contribution in [0.1, 0.15) is 55.2 Å². The van der Waals surface area contributed by atoms with Crippen molar-refractivity contribution in [1.29, 1.82) is 0 Å². The van der Waals surface area contributed by atoms with E-state index in [2.05, 4.69) is 37.2 Å². The Morgan fingerprint density at radius 2 is 1.04 bits per heavy atom. The maximum atomic E-state index is 14.5. The Labute approximate surface area is 463 Å². The van der Waals surface area contributed by atoms with Gasteiger partial charge in [-0.25, -0.2) is 4.79 Å². The van der Waals surface area contributed by atoms with E-state index in [0.717, 1.165) is 0 Å². The van der Waals surface area contributed by atoms with E-state index >= 15 is 0 Å². The molecule has 3 aromatic carbocycles. The van der Waals surface area contributed by atoms with Gasteiger partial charge in [0.15, 0.2) is 0 Å². The Morgan fingerprint density at radius 1 is 0.575 bits per heavy atom. The van der Waals surface area contributed by atoms with Crippen molar-refractivity contribution in [2.75, 3.05) is 31.8 Å². The third-order valence-corrected chi connectivity index (χ3v) is 13.3. The molecule has 28 heteroatoms. The van der Waals surface area contributed by atoms with Gasteiger partial charge in [0.05, 0.1) is 19.6 Å². The molecular weight excluding hydrogens is 1070 g/mol. The normalized spacial score (nSPS) is 15.9. The molecule has 1 aliphatic rings. The minimum atomic E-state index is -1.90. The number of phenols is 2. The van der Waals surface area contributed by atoms with Gasteiger partial charge in [0.1, 0.15) is 65.9 Å². The zero-order valence-corrected chi connectivity index (χ0v) is 44.4. The van der Waals surface area contributed by atoms with Crippen LogP contribution in [-0.2, 0) is 72.0 Å². The number of thioether (sulfide) groups is 1. The number of nitrogens with two attached hydrogens (primary N) is 2. The number of aliphatic hydroxyl groups excluding tert-OH is 2. The largest absolute Gasteiger partial charge is 0.508 e. The molecule has 434 valence electrons. The molecule has 9 atom stereocenters. The Bertz CT molecular complexity index is 2650. The molecule has 0 aromatic heterocycles. The lowest BCUT2D eigenvalue weighted by Gasteiger charge is -2.31. The highest BCUT2D eigenvalue weighted by Crippen LogP contribution is 2.21. The van der Waals surface area contributed by atoms with Gasteiger partial charge in [-0.1, -0.05) is 54.6 Å². The lowest BCUT2D eigenvalue weighted by molar-refractivity contribution is -0.143. The fraction of sp³-hybridized carbons (Fsp3) is 0.442. The highest BCUT2D eigenvalue weighted by Gasteiger charge is 2.40. The number of amides is 9. The number of aliphatic carboxylic acids is 2. The fourth-order valence-electron chi connectivity index (χ4n) is 8.32. The van der Waals surface area contributed by atoms with Gasteiger partial charge in [0, 0.05) is 32.2 Å². The van der Waals surface area contributed by atoms with Gasteiger partial charge in [0.2, 0.25) is 53.2 Å². The lowest BCUT2D eigenvalue weighted by atomic mass is 10.0. The molecule has 1 fully saturated rings. The number of aromatic hydroxyl groups is 2. The summed E-state index contributed by atoms with van der Waals surface area (Å²) in [5, 5.41) is 76.1. The third kappa shape index (κ3) is 20.5. The average Bonchev–Trinajstić information content (AvgIpc) is 3.93. The van der Waals surface area contributed by atoms with Crippen LogP contribution in [-0.4, -0.2) is 187 Å². The summed E-state index contributed by atoms with van der Waals surface area (Å²) in [6.07, 6.45) is -0.431. The molecule has 9 amide bonds. The van der Waals surface area contributed by atoms with E-state index in [1.54, 1.807) is 36.6 Å². The van der Waals surface area contributed by atoms with Crippen molar-refractivity contribution >= 4 is 76.9 Å². The van der Waals surface area contributed by atoms with Crippen LogP contribution in [0.25, 0.3) is 0 Å². The van der Waals surface area contributed by atoms with E-state index in [1.807, 2.05) is 0 Å². The van der Waals surface area contributed by atoms with Gasteiger partial charge in [-0.15, -0.1) is 0 Å². The molecule has 3 aromatic rings. The molecule has 0 radical (unpaired) electrons. The van der Waals surface area contributed by atoms with Crippen molar-refractivity contribution in [2.45, 2.75) is 112 Å². The van der Waals surface area contributed by atoms with E-state index in [1.165, 1.54) is 65.2 Å². The number of benzene rings is 3. The first kappa shape index (κ1) is 64.2. The number of hydrogen-bond donors (Lipinski definition) is 15. The molecule has 4 rings (SSSR count). The summed E-state index contributed by atoms with van der Waals surface area (Å²) in [6.45, 7) is -1.78. The first-order valence-electron chi connectivity index (χ1n) is 25.3. The van der Waals surface area contributed by atoms with E-state index in [4.69, 9.17) is 11.5 Å². The van der Waals surface area contributed by atoms with Crippen LogP contribution in [0.2, 0.25) is 0 Å². The van der Waals surface area contributed by atoms with Gasteiger partial charge in [0.25, 0.3) is 0 Å². The monoisotopic (exact) mass is 1140 g/mol. The number of likely N-dealkylation sites (tertiary alicyclic amines) is 1. The molecule has 1 aliphatic heterocycles.